The van der Waals surface area contributed by atoms with E-state index in [9.17, 15) is 9.59 Å². The second-order valence-electron chi connectivity index (χ2n) is 6.11. The summed E-state index contributed by atoms with van der Waals surface area (Å²) < 4.78 is 0. The molecule has 0 radical (unpaired) electrons. The van der Waals surface area contributed by atoms with E-state index in [2.05, 4.69) is 19.2 Å². The second-order valence-corrected chi connectivity index (χ2v) is 6.11. The molecule has 1 aliphatic carbocycles. The quantitative estimate of drug-likeness (QED) is 0.651. The summed E-state index contributed by atoms with van der Waals surface area (Å²) in [7, 11) is 0. The monoisotopic (exact) mass is 270 g/mol. The number of hydrogen-bond acceptors (Lipinski definition) is 3. The summed E-state index contributed by atoms with van der Waals surface area (Å²) in [4.78, 5) is 22.8. The number of amides is 1. The van der Waals surface area contributed by atoms with E-state index in [0.717, 1.165) is 25.7 Å². The number of hydrogen-bond donors (Lipinski definition) is 3. The molecule has 1 rings (SSSR count). The molecular weight excluding hydrogens is 244 g/mol. The number of carboxylic acid groups (broad SMARTS) is 1. The van der Waals surface area contributed by atoms with Crippen molar-refractivity contribution in [3.8, 4) is 0 Å². The minimum absolute atomic E-state index is 0.0107. The molecule has 1 fully saturated rings. The Kier molecular flexibility index (Phi) is 6.28. The van der Waals surface area contributed by atoms with Crippen LogP contribution in [-0.4, -0.2) is 29.6 Å². The molecule has 0 bridgehead atoms. The second kappa shape index (κ2) is 7.48. The Labute approximate surface area is 114 Å². The first-order chi connectivity index (χ1) is 8.88. The lowest BCUT2D eigenvalue weighted by atomic mass is 9.94. The molecule has 1 amide bonds. The maximum Gasteiger partial charge on any atom is 0.303 e. The van der Waals surface area contributed by atoms with Gasteiger partial charge in [0.2, 0.25) is 5.91 Å². The van der Waals surface area contributed by atoms with Crippen molar-refractivity contribution in [1.82, 2.24) is 5.32 Å². The molecule has 0 spiro atoms. The summed E-state index contributed by atoms with van der Waals surface area (Å²) >= 11 is 0. The van der Waals surface area contributed by atoms with Crippen LogP contribution in [0.4, 0.5) is 0 Å². The Bertz CT molecular complexity index is 318. The smallest absolute Gasteiger partial charge is 0.303 e. The highest BCUT2D eigenvalue weighted by Gasteiger charge is 2.28. The number of nitrogens with one attached hydrogen (secondary N) is 1. The van der Waals surface area contributed by atoms with Crippen molar-refractivity contribution < 1.29 is 14.7 Å². The third-order valence-electron chi connectivity index (χ3n) is 3.68. The van der Waals surface area contributed by atoms with Crippen LogP contribution in [0.2, 0.25) is 0 Å². The van der Waals surface area contributed by atoms with Crippen LogP contribution < -0.4 is 11.1 Å². The fourth-order valence-electron chi connectivity index (χ4n) is 2.80. The Hall–Kier alpha value is -1.10. The lowest BCUT2D eigenvalue weighted by Crippen LogP contribution is -2.35. The van der Waals surface area contributed by atoms with Crippen molar-refractivity contribution in [2.24, 2.45) is 23.5 Å². The summed E-state index contributed by atoms with van der Waals surface area (Å²) in [5, 5.41) is 11.8. The molecule has 0 aromatic heterocycles. The summed E-state index contributed by atoms with van der Waals surface area (Å²) in [5.74, 6) is -0.313. The van der Waals surface area contributed by atoms with Gasteiger partial charge >= 0.3 is 5.97 Å². The SMILES string of the molecule is CC(C)CC(CNC(=O)C1CCC(N)C1)CC(=O)O. The number of nitrogens with two attached hydrogens (primary N) is 1. The molecule has 19 heavy (non-hydrogen) atoms. The van der Waals surface area contributed by atoms with E-state index in [1.54, 1.807) is 0 Å². The molecular formula is C14H26N2O3. The van der Waals surface area contributed by atoms with Crippen LogP contribution in [0.15, 0.2) is 0 Å². The molecule has 0 aromatic rings. The summed E-state index contributed by atoms with van der Waals surface area (Å²) in [6.45, 7) is 4.58. The maximum absolute atomic E-state index is 12.0. The molecule has 1 saturated carbocycles. The zero-order valence-electron chi connectivity index (χ0n) is 11.9. The lowest BCUT2D eigenvalue weighted by Gasteiger charge is -2.19. The van der Waals surface area contributed by atoms with Crippen LogP contribution in [0, 0.1) is 17.8 Å². The van der Waals surface area contributed by atoms with E-state index in [4.69, 9.17) is 10.8 Å². The van der Waals surface area contributed by atoms with E-state index >= 15 is 0 Å². The van der Waals surface area contributed by atoms with Gasteiger partial charge in [0.1, 0.15) is 0 Å². The first-order valence-corrected chi connectivity index (χ1v) is 7.13. The molecule has 5 nitrogen and oxygen atoms in total. The lowest BCUT2D eigenvalue weighted by molar-refractivity contribution is -0.138. The van der Waals surface area contributed by atoms with Gasteiger partial charge in [-0.05, 0) is 37.5 Å². The van der Waals surface area contributed by atoms with E-state index in [-0.39, 0.29) is 30.2 Å². The number of aliphatic carboxylic acids is 1. The van der Waals surface area contributed by atoms with E-state index < -0.39 is 5.97 Å². The summed E-state index contributed by atoms with van der Waals surface area (Å²) in [6, 6.07) is 0.140. The molecule has 3 unspecified atom stereocenters. The zero-order valence-corrected chi connectivity index (χ0v) is 11.9. The maximum atomic E-state index is 12.0. The van der Waals surface area contributed by atoms with Crippen LogP contribution in [0.3, 0.4) is 0 Å². The molecule has 3 atom stereocenters. The van der Waals surface area contributed by atoms with Crippen molar-refractivity contribution in [1.29, 1.82) is 0 Å². The Morgan fingerprint density at radius 3 is 2.53 bits per heavy atom. The summed E-state index contributed by atoms with van der Waals surface area (Å²) in [6.07, 6.45) is 3.43. The predicted molar refractivity (Wildman–Crippen MR) is 73.5 cm³/mol. The predicted octanol–water partition coefficient (Wildman–Crippen LogP) is 1.37. The largest absolute Gasteiger partial charge is 0.481 e. The van der Waals surface area contributed by atoms with Gasteiger partial charge in [0.05, 0.1) is 0 Å². The fraction of sp³-hybridized carbons (Fsp3) is 0.857. The minimum atomic E-state index is -0.803. The first kappa shape index (κ1) is 16.0. The van der Waals surface area contributed by atoms with Crippen molar-refractivity contribution in [3.63, 3.8) is 0 Å². The molecule has 110 valence electrons. The van der Waals surface area contributed by atoms with Crippen molar-refractivity contribution in [2.75, 3.05) is 6.54 Å². The topological polar surface area (TPSA) is 92.4 Å². The normalized spacial score (nSPS) is 24.4. The van der Waals surface area contributed by atoms with Crippen LogP contribution in [0.1, 0.15) is 46.0 Å². The summed E-state index contributed by atoms with van der Waals surface area (Å²) in [5.41, 5.74) is 5.79. The average Bonchev–Trinajstić information content (AvgIpc) is 2.71. The van der Waals surface area contributed by atoms with Gasteiger partial charge in [-0.2, -0.15) is 0 Å². The van der Waals surface area contributed by atoms with Crippen molar-refractivity contribution in [2.45, 2.75) is 52.0 Å². The van der Waals surface area contributed by atoms with Gasteiger partial charge in [-0.15, -0.1) is 0 Å². The number of carbonyl (C=O) groups is 2. The van der Waals surface area contributed by atoms with E-state index in [1.165, 1.54) is 0 Å². The standard InChI is InChI=1S/C14H26N2O3/c1-9(2)5-10(6-13(17)18)8-16-14(19)11-3-4-12(15)7-11/h9-12H,3-8,15H2,1-2H3,(H,16,19)(H,17,18). The van der Waals surface area contributed by atoms with Gasteiger partial charge in [0.25, 0.3) is 0 Å². The molecule has 0 aromatic carbocycles. The van der Waals surface area contributed by atoms with Crippen LogP contribution >= 0.6 is 0 Å². The van der Waals surface area contributed by atoms with Gasteiger partial charge in [0, 0.05) is 24.9 Å². The van der Waals surface area contributed by atoms with Crippen molar-refractivity contribution >= 4 is 11.9 Å². The van der Waals surface area contributed by atoms with Crippen LogP contribution in [0.5, 0.6) is 0 Å². The van der Waals surface area contributed by atoms with Gasteiger partial charge < -0.3 is 16.2 Å². The highest BCUT2D eigenvalue weighted by Crippen LogP contribution is 2.24. The van der Waals surface area contributed by atoms with Gasteiger partial charge in [-0.3, -0.25) is 9.59 Å². The van der Waals surface area contributed by atoms with Gasteiger partial charge in [-0.25, -0.2) is 0 Å². The molecule has 0 aliphatic heterocycles. The fourth-order valence-corrected chi connectivity index (χ4v) is 2.80. The Morgan fingerprint density at radius 2 is 2.05 bits per heavy atom. The molecule has 0 heterocycles. The first-order valence-electron chi connectivity index (χ1n) is 7.13. The van der Waals surface area contributed by atoms with E-state index in [0.29, 0.717) is 12.5 Å². The van der Waals surface area contributed by atoms with Crippen LogP contribution in [0.25, 0.3) is 0 Å². The average molecular weight is 270 g/mol. The minimum Gasteiger partial charge on any atom is -0.481 e. The van der Waals surface area contributed by atoms with Crippen molar-refractivity contribution in [3.05, 3.63) is 0 Å². The number of rotatable bonds is 7. The molecule has 0 saturated heterocycles. The number of carbonyl (C=O) groups excluding carboxylic acids is 1. The van der Waals surface area contributed by atoms with Crippen LogP contribution in [-0.2, 0) is 9.59 Å². The molecule has 1 aliphatic rings. The van der Waals surface area contributed by atoms with E-state index in [1.807, 2.05) is 0 Å². The van der Waals surface area contributed by atoms with Gasteiger partial charge in [-0.1, -0.05) is 13.8 Å². The zero-order chi connectivity index (χ0) is 14.4. The number of carboxylic acids is 1. The van der Waals surface area contributed by atoms with Gasteiger partial charge in [0.15, 0.2) is 0 Å². The Morgan fingerprint density at radius 1 is 1.37 bits per heavy atom. The molecule has 5 heteroatoms. The highest BCUT2D eigenvalue weighted by atomic mass is 16.4. The molecule has 4 N–H and O–H groups in total. The Balaban J connectivity index is 2.37. The third kappa shape index (κ3) is 6.05. The third-order valence-corrected chi connectivity index (χ3v) is 3.68. The highest BCUT2D eigenvalue weighted by molar-refractivity contribution is 5.79.